The van der Waals surface area contributed by atoms with Gasteiger partial charge >= 0.3 is 0 Å². The molecule has 0 spiro atoms. The van der Waals surface area contributed by atoms with Crippen molar-refractivity contribution in [3.63, 3.8) is 0 Å². The van der Waals surface area contributed by atoms with Crippen molar-refractivity contribution < 1.29 is 0 Å². The molecule has 0 amide bonds. The quantitative estimate of drug-likeness (QED) is 0.927. The van der Waals surface area contributed by atoms with Crippen LogP contribution in [-0.4, -0.2) is 23.1 Å². The van der Waals surface area contributed by atoms with Crippen LogP contribution < -0.4 is 10.2 Å². The molecule has 2 heterocycles. The summed E-state index contributed by atoms with van der Waals surface area (Å²) in [5.41, 5.74) is 5.85. The highest BCUT2D eigenvalue weighted by Gasteiger charge is 2.15. The molecular formula is C18H24N4. The minimum atomic E-state index is 0.692. The lowest BCUT2D eigenvalue weighted by Gasteiger charge is -2.18. The van der Waals surface area contributed by atoms with E-state index < -0.39 is 0 Å². The third-order valence-electron chi connectivity index (χ3n) is 4.18. The Kier molecular flexibility index (Phi) is 4.01. The number of rotatable bonds is 3. The molecule has 1 aliphatic heterocycles. The van der Waals surface area contributed by atoms with E-state index in [0.29, 0.717) is 5.95 Å². The van der Waals surface area contributed by atoms with Crippen molar-refractivity contribution in [1.29, 1.82) is 0 Å². The first-order valence-corrected chi connectivity index (χ1v) is 7.98. The maximum absolute atomic E-state index is 4.72. The summed E-state index contributed by atoms with van der Waals surface area (Å²) in [5.74, 6) is 1.73. The number of anilines is 3. The predicted molar refractivity (Wildman–Crippen MR) is 92.2 cm³/mol. The van der Waals surface area contributed by atoms with Gasteiger partial charge in [0.05, 0.1) is 0 Å². The van der Waals surface area contributed by atoms with Crippen LogP contribution >= 0.6 is 0 Å². The second-order valence-electron chi connectivity index (χ2n) is 6.28. The van der Waals surface area contributed by atoms with Crippen LogP contribution in [0.15, 0.2) is 18.2 Å². The smallest absolute Gasteiger partial charge is 0.229 e. The third kappa shape index (κ3) is 3.06. The molecular weight excluding hydrogens is 272 g/mol. The number of nitrogens with one attached hydrogen (secondary N) is 1. The highest BCUT2D eigenvalue weighted by atomic mass is 15.2. The minimum Gasteiger partial charge on any atom is -0.356 e. The van der Waals surface area contributed by atoms with Crippen molar-refractivity contribution in [3.05, 3.63) is 40.6 Å². The Morgan fingerprint density at radius 3 is 2.18 bits per heavy atom. The van der Waals surface area contributed by atoms with Crippen molar-refractivity contribution in [1.82, 2.24) is 9.97 Å². The molecule has 0 saturated carbocycles. The molecule has 0 bridgehead atoms. The first-order chi connectivity index (χ1) is 10.5. The fourth-order valence-corrected chi connectivity index (χ4v) is 3.21. The summed E-state index contributed by atoms with van der Waals surface area (Å²) in [4.78, 5) is 11.6. The van der Waals surface area contributed by atoms with E-state index in [-0.39, 0.29) is 0 Å². The fraction of sp³-hybridized carbons (Fsp3) is 0.444. The molecule has 3 rings (SSSR count). The summed E-state index contributed by atoms with van der Waals surface area (Å²) < 4.78 is 0. The Balaban J connectivity index is 1.92. The first kappa shape index (κ1) is 14.8. The maximum Gasteiger partial charge on any atom is 0.229 e. The summed E-state index contributed by atoms with van der Waals surface area (Å²) in [7, 11) is 0. The average Bonchev–Trinajstić information content (AvgIpc) is 2.96. The summed E-state index contributed by atoms with van der Waals surface area (Å²) >= 11 is 0. The number of nitrogens with zero attached hydrogens (tertiary/aromatic N) is 3. The van der Waals surface area contributed by atoms with Gasteiger partial charge in [-0.1, -0.05) is 17.7 Å². The predicted octanol–water partition coefficient (Wildman–Crippen LogP) is 4.05. The Hall–Kier alpha value is -2.10. The number of benzene rings is 1. The standard InChI is InChI=1S/C18H24N4/c1-12-9-13(2)17(14(3)10-12)21-18-19-15(4)11-16(20-18)22-7-5-6-8-22/h9-11H,5-8H2,1-4H3,(H,19,20,21). The molecule has 22 heavy (non-hydrogen) atoms. The summed E-state index contributed by atoms with van der Waals surface area (Å²) in [6.07, 6.45) is 2.50. The van der Waals surface area contributed by atoms with E-state index in [2.05, 4.69) is 54.2 Å². The molecule has 4 heteroatoms. The lowest BCUT2D eigenvalue weighted by molar-refractivity contribution is 0.923. The van der Waals surface area contributed by atoms with E-state index in [1.165, 1.54) is 29.5 Å². The second kappa shape index (κ2) is 5.95. The zero-order valence-corrected chi connectivity index (χ0v) is 13.9. The summed E-state index contributed by atoms with van der Waals surface area (Å²) in [6, 6.07) is 6.45. The van der Waals surface area contributed by atoms with Crippen molar-refractivity contribution >= 4 is 17.5 Å². The van der Waals surface area contributed by atoms with Crippen LogP contribution in [0.25, 0.3) is 0 Å². The van der Waals surface area contributed by atoms with Crippen LogP contribution in [-0.2, 0) is 0 Å². The molecule has 0 atom stereocenters. The molecule has 2 aromatic rings. The normalized spacial score (nSPS) is 14.5. The van der Waals surface area contributed by atoms with Gasteiger partial charge in [-0.2, -0.15) is 4.98 Å². The van der Waals surface area contributed by atoms with E-state index >= 15 is 0 Å². The number of aryl methyl sites for hydroxylation is 4. The van der Waals surface area contributed by atoms with Gasteiger partial charge in [0, 0.05) is 30.5 Å². The van der Waals surface area contributed by atoms with Gasteiger partial charge in [0.2, 0.25) is 5.95 Å². The molecule has 1 aromatic heterocycles. The fourth-order valence-electron chi connectivity index (χ4n) is 3.21. The van der Waals surface area contributed by atoms with Gasteiger partial charge in [0.15, 0.2) is 0 Å². The number of hydrogen-bond acceptors (Lipinski definition) is 4. The van der Waals surface area contributed by atoms with Gasteiger partial charge in [0.25, 0.3) is 0 Å². The molecule has 4 nitrogen and oxygen atoms in total. The largest absolute Gasteiger partial charge is 0.356 e. The van der Waals surface area contributed by atoms with Crippen molar-refractivity contribution in [2.24, 2.45) is 0 Å². The third-order valence-corrected chi connectivity index (χ3v) is 4.18. The Labute approximate surface area is 132 Å². The van der Waals surface area contributed by atoms with Gasteiger partial charge in [-0.3, -0.25) is 0 Å². The maximum atomic E-state index is 4.72. The molecule has 0 aliphatic carbocycles. The van der Waals surface area contributed by atoms with Gasteiger partial charge in [-0.15, -0.1) is 0 Å². The number of hydrogen-bond donors (Lipinski definition) is 1. The van der Waals surface area contributed by atoms with E-state index in [9.17, 15) is 0 Å². The van der Waals surface area contributed by atoms with Crippen molar-refractivity contribution in [3.8, 4) is 0 Å². The van der Waals surface area contributed by atoms with Gasteiger partial charge < -0.3 is 10.2 Å². The number of aromatic nitrogens is 2. The van der Waals surface area contributed by atoms with Gasteiger partial charge in [0.1, 0.15) is 5.82 Å². The van der Waals surface area contributed by atoms with Crippen LogP contribution in [0.5, 0.6) is 0 Å². The van der Waals surface area contributed by atoms with E-state index in [0.717, 1.165) is 30.3 Å². The van der Waals surface area contributed by atoms with E-state index in [1.807, 2.05) is 6.92 Å². The van der Waals surface area contributed by atoms with Crippen molar-refractivity contribution in [2.75, 3.05) is 23.3 Å². The van der Waals surface area contributed by atoms with Gasteiger partial charge in [-0.25, -0.2) is 4.98 Å². The lowest BCUT2D eigenvalue weighted by Crippen LogP contribution is -2.20. The molecule has 1 saturated heterocycles. The van der Waals surface area contributed by atoms with Crippen LogP contribution in [0, 0.1) is 27.7 Å². The monoisotopic (exact) mass is 296 g/mol. The Bertz CT molecular complexity index is 664. The lowest BCUT2D eigenvalue weighted by atomic mass is 10.1. The SMILES string of the molecule is Cc1cc(C)c(Nc2nc(C)cc(N3CCCC3)n2)c(C)c1. The zero-order chi connectivity index (χ0) is 15.7. The molecule has 1 fully saturated rings. The molecule has 1 aliphatic rings. The van der Waals surface area contributed by atoms with Crippen LogP contribution in [0.3, 0.4) is 0 Å². The van der Waals surface area contributed by atoms with Gasteiger partial charge in [-0.05, 0) is 51.7 Å². The topological polar surface area (TPSA) is 41.1 Å². The van der Waals surface area contributed by atoms with Crippen LogP contribution in [0.2, 0.25) is 0 Å². The van der Waals surface area contributed by atoms with Crippen LogP contribution in [0.4, 0.5) is 17.5 Å². The molecule has 1 N–H and O–H groups in total. The molecule has 0 unspecified atom stereocenters. The Morgan fingerprint density at radius 2 is 1.55 bits per heavy atom. The highest BCUT2D eigenvalue weighted by molar-refractivity contribution is 5.64. The van der Waals surface area contributed by atoms with Crippen molar-refractivity contribution in [2.45, 2.75) is 40.5 Å². The molecule has 0 radical (unpaired) electrons. The van der Waals surface area contributed by atoms with E-state index in [1.54, 1.807) is 0 Å². The zero-order valence-electron chi connectivity index (χ0n) is 13.9. The van der Waals surface area contributed by atoms with Crippen LogP contribution in [0.1, 0.15) is 35.2 Å². The first-order valence-electron chi connectivity index (χ1n) is 7.98. The molecule has 1 aromatic carbocycles. The van der Waals surface area contributed by atoms with E-state index in [4.69, 9.17) is 4.98 Å². The average molecular weight is 296 g/mol. The minimum absolute atomic E-state index is 0.692. The second-order valence-corrected chi connectivity index (χ2v) is 6.28. The summed E-state index contributed by atoms with van der Waals surface area (Å²) in [5, 5.41) is 3.42. The Morgan fingerprint density at radius 1 is 0.909 bits per heavy atom. The summed E-state index contributed by atoms with van der Waals surface area (Å²) in [6.45, 7) is 10.6. The highest BCUT2D eigenvalue weighted by Crippen LogP contribution is 2.26. The molecule has 116 valence electrons.